The van der Waals surface area contributed by atoms with E-state index >= 15 is 0 Å². The third-order valence-corrected chi connectivity index (χ3v) is 3.82. The fourth-order valence-corrected chi connectivity index (χ4v) is 2.69. The lowest BCUT2D eigenvalue weighted by atomic mass is 9.84. The van der Waals surface area contributed by atoms with Crippen molar-refractivity contribution in [3.05, 3.63) is 75.8 Å². The van der Waals surface area contributed by atoms with Crippen LogP contribution in [0.15, 0.2) is 54.6 Å². The van der Waals surface area contributed by atoms with Gasteiger partial charge in [0.15, 0.2) is 5.54 Å². The number of carbonyl (C=O) groups excluding carboxylic acids is 2. The van der Waals surface area contributed by atoms with Crippen LogP contribution in [0, 0.1) is 10.1 Å². The van der Waals surface area contributed by atoms with Gasteiger partial charge in [-0.2, -0.15) is 0 Å². The first-order valence-corrected chi connectivity index (χ1v) is 6.94. The molecule has 23 heavy (non-hydrogen) atoms. The van der Waals surface area contributed by atoms with Crippen LogP contribution in [-0.2, 0) is 16.8 Å². The summed E-state index contributed by atoms with van der Waals surface area (Å²) < 4.78 is 0. The molecule has 1 aliphatic rings. The van der Waals surface area contributed by atoms with E-state index in [1.165, 1.54) is 12.1 Å². The summed E-state index contributed by atoms with van der Waals surface area (Å²) in [5.74, 6) is -0.438. The average molecular weight is 311 g/mol. The molecule has 3 rings (SSSR count). The van der Waals surface area contributed by atoms with E-state index in [9.17, 15) is 19.7 Å². The number of hydrogen-bond acceptors (Lipinski definition) is 4. The molecule has 1 unspecified atom stereocenters. The second-order valence-electron chi connectivity index (χ2n) is 5.28. The molecule has 0 saturated carbocycles. The van der Waals surface area contributed by atoms with E-state index in [-0.39, 0.29) is 12.1 Å². The van der Waals surface area contributed by atoms with Gasteiger partial charge in [-0.15, -0.1) is 0 Å². The maximum Gasteiger partial charge on any atom is 0.322 e. The van der Waals surface area contributed by atoms with Crippen molar-refractivity contribution in [1.29, 1.82) is 0 Å². The third-order valence-electron chi connectivity index (χ3n) is 3.82. The molecule has 1 atom stereocenters. The van der Waals surface area contributed by atoms with Crippen molar-refractivity contribution in [2.45, 2.75) is 12.0 Å². The molecule has 2 aromatic rings. The number of rotatable bonds is 4. The maximum absolute atomic E-state index is 12.4. The van der Waals surface area contributed by atoms with Gasteiger partial charge in [-0.1, -0.05) is 42.5 Å². The zero-order valence-electron chi connectivity index (χ0n) is 12.0. The Kier molecular flexibility index (Phi) is 3.53. The number of benzene rings is 2. The number of nitrogens with zero attached hydrogens (tertiary/aromatic N) is 1. The van der Waals surface area contributed by atoms with Crippen molar-refractivity contribution in [2.75, 3.05) is 0 Å². The minimum Gasteiger partial charge on any atom is -0.319 e. The van der Waals surface area contributed by atoms with Crippen molar-refractivity contribution < 1.29 is 14.5 Å². The molecule has 1 heterocycles. The van der Waals surface area contributed by atoms with Crippen LogP contribution in [0.2, 0.25) is 0 Å². The number of nitro benzene ring substituents is 1. The molecule has 1 aliphatic heterocycles. The molecule has 7 nitrogen and oxygen atoms in total. The van der Waals surface area contributed by atoms with Gasteiger partial charge in [0.2, 0.25) is 0 Å². The second-order valence-corrected chi connectivity index (χ2v) is 5.28. The van der Waals surface area contributed by atoms with E-state index < -0.39 is 22.4 Å². The van der Waals surface area contributed by atoms with Gasteiger partial charge in [0.1, 0.15) is 0 Å². The van der Waals surface area contributed by atoms with Crippen LogP contribution < -0.4 is 10.6 Å². The summed E-state index contributed by atoms with van der Waals surface area (Å²) in [7, 11) is 0. The van der Waals surface area contributed by atoms with Crippen LogP contribution in [0.25, 0.3) is 0 Å². The molecule has 0 bridgehead atoms. The fraction of sp³-hybridized carbons (Fsp3) is 0.125. The number of nitrogens with one attached hydrogen (secondary N) is 2. The Bertz CT molecular complexity index is 774. The lowest BCUT2D eigenvalue weighted by Gasteiger charge is -2.26. The quantitative estimate of drug-likeness (QED) is 0.511. The summed E-state index contributed by atoms with van der Waals surface area (Å²) in [5.41, 5.74) is 0.120. The summed E-state index contributed by atoms with van der Waals surface area (Å²) in [6.07, 6.45) is 0.201. The molecule has 3 amide bonds. The van der Waals surface area contributed by atoms with Gasteiger partial charge >= 0.3 is 6.03 Å². The molecular formula is C16H13N3O4. The minimum atomic E-state index is -1.21. The SMILES string of the molecule is O=C1NC(=O)C(Cc2ccc([N+](=O)[O-])cc2)(c2ccccc2)N1. The van der Waals surface area contributed by atoms with E-state index in [1.807, 2.05) is 6.07 Å². The van der Waals surface area contributed by atoms with Gasteiger partial charge in [0, 0.05) is 18.6 Å². The Morgan fingerprint density at radius 1 is 1.00 bits per heavy atom. The topological polar surface area (TPSA) is 101 Å². The van der Waals surface area contributed by atoms with E-state index in [4.69, 9.17) is 0 Å². The number of hydrogen-bond donors (Lipinski definition) is 2. The lowest BCUT2D eigenvalue weighted by molar-refractivity contribution is -0.384. The Balaban J connectivity index is 1.99. The molecule has 116 valence electrons. The largest absolute Gasteiger partial charge is 0.322 e. The highest BCUT2D eigenvalue weighted by atomic mass is 16.6. The maximum atomic E-state index is 12.4. The van der Waals surface area contributed by atoms with Crippen LogP contribution in [0.5, 0.6) is 0 Å². The highest BCUT2D eigenvalue weighted by Crippen LogP contribution is 2.29. The molecule has 0 aliphatic carbocycles. The van der Waals surface area contributed by atoms with Crippen molar-refractivity contribution in [3.63, 3.8) is 0 Å². The number of urea groups is 1. The summed E-state index contributed by atoms with van der Waals surface area (Å²) in [5, 5.41) is 15.7. The molecule has 0 spiro atoms. The number of carbonyl (C=O) groups is 2. The second kappa shape index (κ2) is 5.53. The minimum absolute atomic E-state index is 0.0255. The highest BCUT2D eigenvalue weighted by molar-refractivity contribution is 6.07. The Hall–Kier alpha value is -3.22. The number of non-ortho nitro benzene ring substituents is 1. The molecule has 1 fully saturated rings. The zero-order chi connectivity index (χ0) is 16.4. The number of amides is 3. The average Bonchev–Trinajstić information content (AvgIpc) is 2.83. The monoisotopic (exact) mass is 311 g/mol. The van der Waals surface area contributed by atoms with Crippen LogP contribution in [0.1, 0.15) is 11.1 Å². The molecule has 0 aromatic heterocycles. The van der Waals surface area contributed by atoms with Crippen LogP contribution >= 0.6 is 0 Å². The Morgan fingerprint density at radius 2 is 1.65 bits per heavy atom. The smallest absolute Gasteiger partial charge is 0.319 e. The van der Waals surface area contributed by atoms with Gasteiger partial charge in [-0.05, 0) is 11.1 Å². The number of nitro groups is 1. The molecule has 2 N–H and O–H groups in total. The Morgan fingerprint density at radius 3 is 2.17 bits per heavy atom. The predicted molar refractivity (Wildman–Crippen MR) is 81.6 cm³/mol. The van der Waals surface area contributed by atoms with E-state index in [0.29, 0.717) is 11.1 Å². The van der Waals surface area contributed by atoms with Crippen molar-refractivity contribution in [3.8, 4) is 0 Å². The predicted octanol–water partition coefficient (Wildman–Crippen LogP) is 1.87. The molecule has 1 saturated heterocycles. The third kappa shape index (κ3) is 2.64. The Labute approximate surface area is 131 Å². The van der Waals surface area contributed by atoms with Crippen LogP contribution in [0.4, 0.5) is 10.5 Å². The van der Waals surface area contributed by atoms with E-state index in [1.54, 1.807) is 36.4 Å². The zero-order valence-corrected chi connectivity index (χ0v) is 12.0. The molecule has 2 aromatic carbocycles. The first kappa shape index (κ1) is 14.7. The van der Waals surface area contributed by atoms with Gasteiger partial charge in [0.25, 0.3) is 11.6 Å². The standard InChI is InChI=1S/C16H13N3O4/c20-14-16(18-15(21)17-14,12-4-2-1-3-5-12)10-11-6-8-13(9-7-11)19(22)23/h1-9H,10H2,(H2,17,18,20,21). The molecular weight excluding hydrogens is 298 g/mol. The van der Waals surface area contributed by atoms with Crippen molar-refractivity contribution >= 4 is 17.6 Å². The first-order chi connectivity index (χ1) is 11.0. The van der Waals surface area contributed by atoms with Crippen molar-refractivity contribution in [1.82, 2.24) is 10.6 Å². The molecule has 7 heteroatoms. The van der Waals surface area contributed by atoms with Gasteiger partial charge in [-0.3, -0.25) is 20.2 Å². The summed E-state index contributed by atoms with van der Waals surface area (Å²) in [6.45, 7) is 0. The van der Waals surface area contributed by atoms with Gasteiger partial charge < -0.3 is 5.32 Å². The van der Waals surface area contributed by atoms with Crippen LogP contribution in [-0.4, -0.2) is 16.9 Å². The fourth-order valence-electron chi connectivity index (χ4n) is 2.69. The normalized spacial score (nSPS) is 20.0. The van der Waals surface area contributed by atoms with E-state index in [0.717, 1.165) is 0 Å². The van der Waals surface area contributed by atoms with Crippen molar-refractivity contribution in [2.24, 2.45) is 0 Å². The highest BCUT2D eigenvalue weighted by Gasteiger charge is 2.47. The summed E-state index contributed by atoms with van der Waals surface area (Å²) >= 11 is 0. The first-order valence-electron chi connectivity index (χ1n) is 6.94. The summed E-state index contributed by atoms with van der Waals surface area (Å²) in [4.78, 5) is 34.3. The molecule has 0 radical (unpaired) electrons. The summed E-state index contributed by atoms with van der Waals surface area (Å²) in [6, 6.07) is 14.3. The van der Waals surface area contributed by atoms with E-state index in [2.05, 4.69) is 10.6 Å². The van der Waals surface area contributed by atoms with Gasteiger partial charge in [-0.25, -0.2) is 4.79 Å². The lowest BCUT2D eigenvalue weighted by Crippen LogP contribution is -2.45. The van der Waals surface area contributed by atoms with Crippen LogP contribution in [0.3, 0.4) is 0 Å². The van der Waals surface area contributed by atoms with Gasteiger partial charge in [0.05, 0.1) is 4.92 Å². The number of imide groups is 1.